The fraction of sp³-hybridized carbons (Fsp3) is 0.652. The second kappa shape index (κ2) is 11.7. The van der Waals surface area contributed by atoms with Crippen molar-refractivity contribution in [2.45, 2.75) is 65.5 Å². The number of carbonyl (C=O) groups excluding carboxylic acids is 4. The summed E-state index contributed by atoms with van der Waals surface area (Å²) in [5, 5.41) is 5.51. The molecular formula is C23H35N3O6. The minimum absolute atomic E-state index is 0.0712. The molecule has 1 saturated heterocycles. The summed E-state index contributed by atoms with van der Waals surface area (Å²) in [6.07, 6.45) is 5.25. The van der Waals surface area contributed by atoms with Gasteiger partial charge in [0.15, 0.2) is 0 Å². The number of amides is 2. The van der Waals surface area contributed by atoms with E-state index in [1.807, 2.05) is 27.7 Å². The second-order valence-corrected chi connectivity index (χ2v) is 8.94. The highest BCUT2D eigenvalue weighted by Crippen LogP contribution is 2.20. The summed E-state index contributed by atoms with van der Waals surface area (Å²) in [5.74, 6) is -2.18. The lowest BCUT2D eigenvalue weighted by molar-refractivity contribution is -0.149. The molecule has 0 saturated carbocycles. The number of hydrogen-bond acceptors (Lipinski definition) is 7. The summed E-state index contributed by atoms with van der Waals surface area (Å²) >= 11 is 0. The maximum atomic E-state index is 12.9. The van der Waals surface area contributed by atoms with Gasteiger partial charge in [-0.15, -0.1) is 0 Å². The summed E-state index contributed by atoms with van der Waals surface area (Å²) < 4.78 is 10.7. The molecule has 2 atom stereocenters. The van der Waals surface area contributed by atoms with Crippen molar-refractivity contribution < 1.29 is 28.7 Å². The summed E-state index contributed by atoms with van der Waals surface area (Å²) in [6.45, 7) is 7.79. The number of carbonyl (C=O) groups is 4. The number of nitrogens with one attached hydrogen (secondary N) is 2. The number of nitrogens with zero attached hydrogens (tertiary/aromatic N) is 1. The third-order valence-corrected chi connectivity index (χ3v) is 5.37. The molecule has 2 heterocycles. The van der Waals surface area contributed by atoms with Crippen molar-refractivity contribution in [2.75, 3.05) is 20.3 Å². The summed E-state index contributed by atoms with van der Waals surface area (Å²) in [6, 6.07) is -1.58. The highest BCUT2D eigenvalue weighted by molar-refractivity contribution is 6.01. The second-order valence-electron chi connectivity index (χ2n) is 8.94. The van der Waals surface area contributed by atoms with Crippen LogP contribution >= 0.6 is 0 Å². The summed E-state index contributed by atoms with van der Waals surface area (Å²) in [7, 11) is 1.70. The Labute approximate surface area is 189 Å². The van der Waals surface area contributed by atoms with Crippen LogP contribution in [0, 0.1) is 11.8 Å². The van der Waals surface area contributed by atoms with Gasteiger partial charge in [0, 0.05) is 37.0 Å². The van der Waals surface area contributed by atoms with E-state index in [-0.39, 0.29) is 31.5 Å². The van der Waals surface area contributed by atoms with Crippen molar-refractivity contribution in [3.8, 4) is 0 Å². The fourth-order valence-electron chi connectivity index (χ4n) is 3.47. The van der Waals surface area contributed by atoms with Gasteiger partial charge in [0.25, 0.3) is 0 Å². The number of rotatable bonds is 2. The molecule has 0 aromatic rings. The van der Waals surface area contributed by atoms with E-state index in [4.69, 9.17) is 9.47 Å². The first kappa shape index (κ1) is 25.4. The third-order valence-electron chi connectivity index (χ3n) is 5.37. The first-order valence-electron chi connectivity index (χ1n) is 11.2. The Morgan fingerprint density at radius 1 is 0.781 bits per heavy atom. The average Bonchev–Trinajstić information content (AvgIpc) is 2.72. The molecule has 2 amide bonds. The predicted octanol–water partition coefficient (Wildman–Crippen LogP) is 1.64. The smallest absolute Gasteiger partial charge is 0.328 e. The molecule has 0 aromatic heterocycles. The number of hydrogen-bond donors (Lipinski definition) is 2. The van der Waals surface area contributed by atoms with Gasteiger partial charge in [0.2, 0.25) is 11.8 Å². The molecule has 2 aliphatic rings. The van der Waals surface area contributed by atoms with Crippen LogP contribution in [0.4, 0.5) is 0 Å². The van der Waals surface area contributed by atoms with Gasteiger partial charge in [-0.1, -0.05) is 27.7 Å². The first-order chi connectivity index (χ1) is 15.1. The number of ether oxygens (including phenoxy) is 2. The van der Waals surface area contributed by atoms with Gasteiger partial charge in [-0.2, -0.15) is 0 Å². The molecule has 9 heteroatoms. The molecule has 0 unspecified atom stereocenters. The van der Waals surface area contributed by atoms with Gasteiger partial charge in [-0.25, -0.2) is 9.59 Å². The molecule has 2 rings (SSSR count). The molecular weight excluding hydrogens is 414 g/mol. The van der Waals surface area contributed by atoms with Crippen LogP contribution in [0.3, 0.4) is 0 Å². The van der Waals surface area contributed by atoms with Crippen LogP contribution in [-0.2, 0) is 28.7 Å². The molecule has 0 aromatic carbocycles. The lowest BCUT2D eigenvalue weighted by atomic mass is 9.99. The monoisotopic (exact) mass is 449 g/mol. The van der Waals surface area contributed by atoms with Gasteiger partial charge in [-0.05, 0) is 31.1 Å². The molecule has 0 aliphatic carbocycles. The first-order valence-corrected chi connectivity index (χ1v) is 11.2. The molecule has 2 N–H and O–H groups in total. The third kappa shape index (κ3) is 7.10. The largest absolute Gasteiger partial charge is 0.464 e. The van der Waals surface area contributed by atoms with Gasteiger partial charge >= 0.3 is 11.9 Å². The fourth-order valence-corrected chi connectivity index (χ4v) is 3.47. The van der Waals surface area contributed by atoms with E-state index in [0.717, 1.165) is 0 Å². The maximum absolute atomic E-state index is 12.9. The molecule has 2 bridgehead atoms. The molecule has 32 heavy (non-hydrogen) atoms. The molecule has 0 radical (unpaired) electrons. The number of fused-ring (bicyclic) bond motifs is 2. The van der Waals surface area contributed by atoms with E-state index in [1.54, 1.807) is 24.3 Å². The van der Waals surface area contributed by atoms with E-state index in [0.29, 0.717) is 30.4 Å². The zero-order valence-electron chi connectivity index (χ0n) is 19.6. The Hall–Kier alpha value is -2.84. The number of esters is 2. The van der Waals surface area contributed by atoms with E-state index >= 15 is 0 Å². The average molecular weight is 450 g/mol. The molecule has 1 fully saturated rings. The zero-order valence-corrected chi connectivity index (χ0v) is 19.6. The van der Waals surface area contributed by atoms with Crippen molar-refractivity contribution in [3.05, 3.63) is 23.5 Å². The molecule has 0 spiro atoms. The van der Waals surface area contributed by atoms with Crippen molar-refractivity contribution in [1.29, 1.82) is 0 Å². The quantitative estimate of drug-likeness (QED) is 0.616. The van der Waals surface area contributed by atoms with E-state index in [1.165, 1.54) is 0 Å². The molecule has 178 valence electrons. The van der Waals surface area contributed by atoms with Gasteiger partial charge in [-0.3, -0.25) is 9.59 Å². The Balaban J connectivity index is 2.26. The number of cyclic esters (lactones) is 2. The van der Waals surface area contributed by atoms with E-state index < -0.39 is 35.8 Å². The van der Waals surface area contributed by atoms with Crippen LogP contribution in [-0.4, -0.2) is 61.0 Å². The van der Waals surface area contributed by atoms with Crippen LogP contribution in [0.15, 0.2) is 23.5 Å². The van der Waals surface area contributed by atoms with Crippen molar-refractivity contribution >= 4 is 23.8 Å². The van der Waals surface area contributed by atoms with Crippen LogP contribution < -0.4 is 10.6 Å². The van der Waals surface area contributed by atoms with Crippen LogP contribution in [0.1, 0.15) is 53.4 Å². The predicted molar refractivity (Wildman–Crippen MR) is 118 cm³/mol. The van der Waals surface area contributed by atoms with Gasteiger partial charge < -0.3 is 25.0 Å². The lowest BCUT2D eigenvalue weighted by Gasteiger charge is -2.26. The minimum atomic E-state index is -0.790. The van der Waals surface area contributed by atoms with Gasteiger partial charge in [0.05, 0.1) is 13.2 Å². The standard InChI is InChI=1S/C23H35N3O6/c1-14(2)18-22(29)31-9-7-6-8-10-32-23(30)19(15(3)4)25-21(28)17-11-16(20(27)24-18)12-26(5)13-17/h12-15,18-19H,6-11H2,1-5H3,(H,24,27)(H,25,28)/t18-,19-/m0/s1. The normalized spacial score (nSPS) is 24.5. The lowest BCUT2D eigenvalue weighted by Crippen LogP contribution is -2.47. The van der Waals surface area contributed by atoms with Gasteiger partial charge in [0.1, 0.15) is 12.1 Å². The van der Waals surface area contributed by atoms with Crippen LogP contribution in [0.25, 0.3) is 0 Å². The maximum Gasteiger partial charge on any atom is 0.328 e. The minimum Gasteiger partial charge on any atom is -0.464 e. The van der Waals surface area contributed by atoms with Crippen molar-refractivity contribution in [3.63, 3.8) is 0 Å². The Morgan fingerprint density at radius 2 is 1.19 bits per heavy atom. The molecule has 2 aliphatic heterocycles. The highest BCUT2D eigenvalue weighted by Gasteiger charge is 2.31. The van der Waals surface area contributed by atoms with Crippen molar-refractivity contribution in [1.82, 2.24) is 15.5 Å². The van der Waals surface area contributed by atoms with Crippen molar-refractivity contribution in [2.24, 2.45) is 11.8 Å². The SMILES string of the molecule is CC(C)[C@@H]1NC(=O)C2=CN(C)C=C(C2)C(=O)N[C@@H](C(C)C)C(=O)OCCCCCOC1=O. The summed E-state index contributed by atoms with van der Waals surface area (Å²) in [5.41, 5.74) is 0.673. The Kier molecular flexibility index (Phi) is 9.28. The highest BCUT2D eigenvalue weighted by atomic mass is 16.5. The zero-order chi connectivity index (χ0) is 23.8. The Bertz CT molecular complexity index is 725. The van der Waals surface area contributed by atoms with E-state index in [2.05, 4.69) is 10.6 Å². The summed E-state index contributed by atoms with van der Waals surface area (Å²) in [4.78, 5) is 52.5. The Morgan fingerprint density at radius 3 is 1.56 bits per heavy atom. The van der Waals surface area contributed by atoms with Crippen LogP contribution in [0.2, 0.25) is 0 Å². The molecule has 9 nitrogen and oxygen atoms in total. The van der Waals surface area contributed by atoms with E-state index in [9.17, 15) is 19.2 Å². The van der Waals surface area contributed by atoms with Crippen LogP contribution in [0.5, 0.6) is 0 Å². The topological polar surface area (TPSA) is 114 Å².